The molecule has 2 heterocycles. The maximum absolute atomic E-state index is 13.6. The molecule has 192 valence electrons. The number of hydrogen-bond acceptors (Lipinski definition) is 8. The number of carbonyl (C=O) groups is 2. The van der Waals surface area contributed by atoms with Crippen molar-refractivity contribution in [1.82, 2.24) is 4.57 Å². The highest BCUT2D eigenvalue weighted by atomic mass is 35.5. The summed E-state index contributed by atoms with van der Waals surface area (Å²) < 4.78 is 17.1. The van der Waals surface area contributed by atoms with Crippen LogP contribution in [0.1, 0.15) is 31.0 Å². The van der Waals surface area contributed by atoms with Crippen molar-refractivity contribution in [2.45, 2.75) is 19.9 Å². The molecule has 0 saturated heterocycles. The number of carbonyl (C=O) groups excluding carboxylic acids is 2. The van der Waals surface area contributed by atoms with Crippen molar-refractivity contribution >= 4 is 52.6 Å². The minimum absolute atomic E-state index is 0.136. The first-order valence-corrected chi connectivity index (χ1v) is 12.8. The van der Waals surface area contributed by atoms with Crippen LogP contribution in [-0.4, -0.2) is 36.8 Å². The van der Waals surface area contributed by atoms with Gasteiger partial charge in [0.2, 0.25) is 0 Å². The molecule has 11 heteroatoms. The molecule has 1 aromatic heterocycles. The third-order valence-electron chi connectivity index (χ3n) is 5.50. The Labute approximate surface area is 226 Å². The zero-order chi connectivity index (χ0) is 26.7. The topological polar surface area (TPSA) is 96.2 Å². The highest BCUT2D eigenvalue weighted by molar-refractivity contribution is 7.07. The van der Waals surface area contributed by atoms with Crippen molar-refractivity contribution in [3.05, 3.63) is 94.6 Å². The van der Waals surface area contributed by atoms with Crippen LogP contribution < -0.4 is 19.6 Å². The number of allylic oxidation sites excluding steroid dienone is 1. The van der Waals surface area contributed by atoms with Gasteiger partial charge in [0.05, 0.1) is 45.6 Å². The van der Waals surface area contributed by atoms with E-state index in [1.54, 1.807) is 32.1 Å². The summed E-state index contributed by atoms with van der Waals surface area (Å²) in [5.41, 5.74) is 1.73. The molecule has 1 aliphatic heterocycles. The summed E-state index contributed by atoms with van der Waals surface area (Å²) in [7, 11) is 1.30. The van der Waals surface area contributed by atoms with Crippen LogP contribution in [0, 0.1) is 0 Å². The van der Waals surface area contributed by atoms with Gasteiger partial charge in [-0.3, -0.25) is 9.36 Å². The predicted octanol–water partition coefficient (Wildman–Crippen LogP) is 3.66. The quantitative estimate of drug-likeness (QED) is 0.409. The largest absolute Gasteiger partial charge is 0.479 e. The first-order valence-electron chi connectivity index (χ1n) is 11.2. The van der Waals surface area contributed by atoms with Gasteiger partial charge < -0.3 is 14.2 Å². The Morgan fingerprint density at radius 3 is 2.46 bits per heavy atom. The van der Waals surface area contributed by atoms with E-state index in [9.17, 15) is 14.4 Å². The molecule has 1 atom stereocenters. The molecule has 3 aromatic rings. The Balaban J connectivity index is 1.79. The van der Waals surface area contributed by atoms with Crippen LogP contribution in [0.25, 0.3) is 6.08 Å². The molecule has 2 aromatic carbocycles. The first-order chi connectivity index (χ1) is 17.7. The number of ether oxygens (including phenoxy) is 3. The van der Waals surface area contributed by atoms with Gasteiger partial charge in [-0.2, -0.15) is 0 Å². The van der Waals surface area contributed by atoms with Gasteiger partial charge in [0.25, 0.3) is 5.56 Å². The number of aromatic nitrogens is 1. The normalized spacial score (nSPS) is 15.2. The van der Waals surface area contributed by atoms with Gasteiger partial charge in [-0.05, 0) is 43.2 Å². The van der Waals surface area contributed by atoms with Crippen LogP contribution in [0.4, 0.5) is 0 Å². The second-order valence-corrected chi connectivity index (χ2v) is 9.71. The molecule has 0 N–H and O–H groups in total. The van der Waals surface area contributed by atoms with Crippen molar-refractivity contribution in [3.63, 3.8) is 0 Å². The van der Waals surface area contributed by atoms with E-state index >= 15 is 0 Å². The fourth-order valence-corrected chi connectivity index (χ4v) is 5.59. The van der Waals surface area contributed by atoms with E-state index in [1.807, 2.05) is 30.3 Å². The SMILES string of the molecule is CCOC(=O)COc1c(Cl)cc(C=c2sc3n(c2=O)C(c2ccccc2)C(C(=O)OC)=C(C)N=3)cc1Cl. The number of nitrogens with zero attached hydrogens (tertiary/aromatic N) is 2. The maximum Gasteiger partial charge on any atom is 0.344 e. The van der Waals surface area contributed by atoms with Gasteiger partial charge in [0.1, 0.15) is 0 Å². The van der Waals surface area contributed by atoms with E-state index in [2.05, 4.69) is 4.99 Å². The number of benzene rings is 2. The molecule has 0 aliphatic carbocycles. The van der Waals surface area contributed by atoms with Crippen LogP contribution in [0.5, 0.6) is 5.75 Å². The van der Waals surface area contributed by atoms with Gasteiger partial charge in [0.15, 0.2) is 17.2 Å². The van der Waals surface area contributed by atoms with Gasteiger partial charge in [0, 0.05) is 0 Å². The molecule has 1 unspecified atom stereocenters. The third kappa shape index (κ3) is 5.49. The second kappa shape index (κ2) is 11.3. The molecule has 0 fully saturated rings. The van der Waals surface area contributed by atoms with Crippen molar-refractivity contribution in [2.75, 3.05) is 20.3 Å². The Morgan fingerprint density at radius 2 is 1.84 bits per heavy atom. The smallest absolute Gasteiger partial charge is 0.344 e. The van der Waals surface area contributed by atoms with E-state index in [-0.39, 0.29) is 34.6 Å². The van der Waals surface area contributed by atoms with E-state index in [4.69, 9.17) is 37.4 Å². The van der Waals surface area contributed by atoms with Crippen molar-refractivity contribution in [2.24, 2.45) is 4.99 Å². The van der Waals surface area contributed by atoms with Gasteiger partial charge >= 0.3 is 11.9 Å². The maximum atomic E-state index is 13.6. The number of thiazole rings is 1. The Hall–Kier alpha value is -3.40. The number of halogens is 2. The summed E-state index contributed by atoms with van der Waals surface area (Å²) in [4.78, 5) is 42.9. The predicted molar refractivity (Wildman–Crippen MR) is 141 cm³/mol. The average molecular weight is 561 g/mol. The minimum atomic E-state index is -0.696. The number of esters is 2. The van der Waals surface area contributed by atoms with Crippen LogP contribution >= 0.6 is 34.5 Å². The summed E-state index contributed by atoms with van der Waals surface area (Å²) in [6.45, 7) is 3.29. The monoisotopic (exact) mass is 560 g/mol. The number of rotatable bonds is 7. The Morgan fingerprint density at radius 1 is 1.16 bits per heavy atom. The molecule has 37 heavy (non-hydrogen) atoms. The van der Waals surface area contributed by atoms with E-state index in [0.29, 0.717) is 26.2 Å². The van der Waals surface area contributed by atoms with E-state index in [1.165, 1.54) is 23.0 Å². The average Bonchev–Trinajstić information content (AvgIpc) is 3.17. The fourth-order valence-electron chi connectivity index (χ4n) is 3.93. The molecule has 0 radical (unpaired) electrons. The molecular formula is C26H22Cl2N2O6S. The van der Waals surface area contributed by atoms with Crippen molar-refractivity contribution in [3.8, 4) is 5.75 Å². The lowest BCUT2D eigenvalue weighted by atomic mass is 9.96. The Kier molecular flexibility index (Phi) is 8.16. The molecule has 0 amide bonds. The summed E-state index contributed by atoms with van der Waals surface area (Å²) in [6, 6.07) is 11.7. The standard InChI is InChI=1S/C26H22Cl2N2O6S/c1-4-35-20(31)13-36-23-17(27)10-15(11-18(23)28)12-19-24(32)30-22(16-8-6-5-7-9-16)21(25(33)34-3)14(2)29-26(30)37-19/h5-12,22H,4,13H2,1-3H3. The third-order valence-corrected chi connectivity index (χ3v) is 7.04. The molecule has 0 saturated carbocycles. The summed E-state index contributed by atoms with van der Waals surface area (Å²) >= 11 is 13.9. The number of methoxy groups -OCH3 is 1. The molecule has 0 spiro atoms. The van der Waals surface area contributed by atoms with Crippen LogP contribution in [0.2, 0.25) is 10.0 Å². The van der Waals surface area contributed by atoms with Gasteiger partial charge in [-0.25, -0.2) is 14.6 Å². The highest BCUT2D eigenvalue weighted by Crippen LogP contribution is 2.34. The van der Waals surface area contributed by atoms with Gasteiger partial charge in [-0.15, -0.1) is 0 Å². The zero-order valence-corrected chi connectivity index (χ0v) is 22.4. The van der Waals surface area contributed by atoms with Crippen LogP contribution in [0.3, 0.4) is 0 Å². The van der Waals surface area contributed by atoms with Crippen molar-refractivity contribution in [1.29, 1.82) is 0 Å². The number of fused-ring (bicyclic) bond motifs is 1. The highest BCUT2D eigenvalue weighted by Gasteiger charge is 2.32. The minimum Gasteiger partial charge on any atom is -0.479 e. The molecule has 8 nitrogen and oxygen atoms in total. The molecular weight excluding hydrogens is 539 g/mol. The Bertz CT molecular complexity index is 1550. The summed E-state index contributed by atoms with van der Waals surface area (Å²) in [5.74, 6) is -0.965. The molecule has 0 bridgehead atoms. The molecule has 4 rings (SSSR count). The second-order valence-electron chi connectivity index (χ2n) is 7.89. The van der Waals surface area contributed by atoms with E-state index < -0.39 is 18.0 Å². The summed E-state index contributed by atoms with van der Waals surface area (Å²) in [6.07, 6.45) is 1.63. The lowest BCUT2D eigenvalue weighted by Gasteiger charge is -2.24. The van der Waals surface area contributed by atoms with Gasteiger partial charge in [-0.1, -0.05) is 64.9 Å². The van der Waals surface area contributed by atoms with Crippen LogP contribution in [-0.2, 0) is 19.1 Å². The lowest BCUT2D eigenvalue weighted by molar-refractivity contribution is -0.145. The van der Waals surface area contributed by atoms with Crippen molar-refractivity contribution < 1.29 is 23.8 Å². The zero-order valence-electron chi connectivity index (χ0n) is 20.1. The van der Waals surface area contributed by atoms with E-state index in [0.717, 1.165) is 5.56 Å². The number of hydrogen-bond donors (Lipinski definition) is 0. The summed E-state index contributed by atoms with van der Waals surface area (Å²) in [5, 5.41) is 0.337. The van der Waals surface area contributed by atoms with Crippen LogP contribution in [0.15, 0.2) is 63.5 Å². The lowest BCUT2D eigenvalue weighted by Crippen LogP contribution is -2.39. The fraction of sp³-hybridized carbons (Fsp3) is 0.231. The molecule has 1 aliphatic rings. The first kappa shape index (κ1) is 26.7.